The van der Waals surface area contributed by atoms with Gasteiger partial charge in [-0.1, -0.05) is 19.8 Å². The molecule has 0 amide bonds. The summed E-state index contributed by atoms with van der Waals surface area (Å²) in [4.78, 5) is 10.7. The zero-order valence-corrected chi connectivity index (χ0v) is 8.27. The Hall–Kier alpha value is -0.0400. The van der Waals surface area contributed by atoms with Gasteiger partial charge >= 0.3 is 0 Å². The van der Waals surface area contributed by atoms with Gasteiger partial charge in [-0.3, -0.25) is 4.79 Å². The molecule has 0 spiro atoms. The molecule has 56 valence electrons. The van der Waals surface area contributed by atoms with E-state index in [-0.39, 0.29) is 5.78 Å². The predicted octanol–water partition coefficient (Wildman–Crippen LogP) is 2.53. The first-order valence-electron chi connectivity index (χ1n) is 3.45. The Bertz CT molecular complexity index is 152. The second-order valence-electron chi connectivity index (χ2n) is 2.10. The third-order valence-corrected chi connectivity index (χ3v) is 1.46. The molecule has 10 heavy (non-hydrogen) atoms. The highest BCUT2D eigenvalue weighted by atomic mass is 127. The van der Waals surface area contributed by atoms with Crippen LogP contribution in [-0.4, -0.2) is 5.78 Å². The first-order valence-corrected chi connectivity index (χ1v) is 4.53. The van der Waals surface area contributed by atoms with Crippen molar-refractivity contribution in [3.8, 4) is 9.85 Å². The fraction of sp³-hybridized carbons (Fsp3) is 0.625. The summed E-state index contributed by atoms with van der Waals surface area (Å²) in [6.45, 7) is 2.12. The van der Waals surface area contributed by atoms with Crippen LogP contribution >= 0.6 is 22.6 Å². The Morgan fingerprint density at radius 3 is 2.70 bits per heavy atom. The first-order chi connectivity index (χ1) is 4.81. The molecule has 0 radical (unpaired) electrons. The number of unbranched alkanes of at least 4 members (excludes halogenated alkanes) is 2. The SMILES string of the molecule is CCCCCC(=O)C#CI. The van der Waals surface area contributed by atoms with E-state index in [9.17, 15) is 4.79 Å². The van der Waals surface area contributed by atoms with Crippen molar-refractivity contribution < 1.29 is 4.79 Å². The Balaban J connectivity index is 3.28. The van der Waals surface area contributed by atoms with Crippen LogP contribution < -0.4 is 0 Å². The number of rotatable bonds is 4. The van der Waals surface area contributed by atoms with E-state index >= 15 is 0 Å². The number of carbonyl (C=O) groups is 1. The van der Waals surface area contributed by atoms with E-state index in [0.29, 0.717) is 6.42 Å². The number of carbonyl (C=O) groups excluding carboxylic acids is 1. The molecule has 0 atom stereocenters. The van der Waals surface area contributed by atoms with Crippen LogP contribution in [0.3, 0.4) is 0 Å². The molecular weight excluding hydrogens is 239 g/mol. The Labute approximate surface area is 75.7 Å². The van der Waals surface area contributed by atoms with Gasteiger partial charge in [-0.15, -0.1) is 0 Å². The van der Waals surface area contributed by atoms with E-state index in [1.165, 1.54) is 0 Å². The maximum Gasteiger partial charge on any atom is 0.206 e. The van der Waals surface area contributed by atoms with Crippen LogP contribution in [0.5, 0.6) is 0 Å². The van der Waals surface area contributed by atoms with Crippen molar-refractivity contribution in [2.75, 3.05) is 0 Å². The van der Waals surface area contributed by atoms with Gasteiger partial charge in [0.15, 0.2) is 0 Å². The molecule has 0 aromatic heterocycles. The molecule has 2 heteroatoms. The lowest BCUT2D eigenvalue weighted by Gasteiger charge is -1.90. The monoisotopic (exact) mass is 250 g/mol. The Morgan fingerprint density at radius 2 is 2.20 bits per heavy atom. The standard InChI is InChI=1S/C8H11IO/c1-2-3-4-5-8(10)6-7-9/h2-5H2,1H3. The lowest BCUT2D eigenvalue weighted by Crippen LogP contribution is -1.91. The molecule has 0 unspecified atom stereocenters. The predicted molar refractivity (Wildman–Crippen MR) is 50.9 cm³/mol. The molecule has 0 bridgehead atoms. The summed E-state index contributed by atoms with van der Waals surface area (Å²) in [5, 5.41) is 0. The van der Waals surface area contributed by atoms with Crippen molar-refractivity contribution in [3.63, 3.8) is 0 Å². The van der Waals surface area contributed by atoms with E-state index in [2.05, 4.69) is 16.8 Å². The molecule has 0 saturated carbocycles. The quantitative estimate of drug-likeness (QED) is 0.425. The summed E-state index contributed by atoms with van der Waals surface area (Å²) in [6, 6.07) is 0. The van der Waals surface area contributed by atoms with Gasteiger partial charge in [-0.25, -0.2) is 0 Å². The van der Waals surface area contributed by atoms with Crippen molar-refractivity contribution >= 4 is 28.4 Å². The summed E-state index contributed by atoms with van der Waals surface area (Å²) < 4.78 is 2.56. The van der Waals surface area contributed by atoms with Gasteiger partial charge < -0.3 is 0 Å². The van der Waals surface area contributed by atoms with E-state index in [0.717, 1.165) is 19.3 Å². The minimum atomic E-state index is 0.0721. The van der Waals surface area contributed by atoms with Gasteiger partial charge in [0.05, 0.1) is 0 Å². The van der Waals surface area contributed by atoms with Crippen LogP contribution in [0, 0.1) is 9.85 Å². The van der Waals surface area contributed by atoms with E-state index < -0.39 is 0 Å². The van der Waals surface area contributed by atoms with Gasteiger partial charge in [0, 0.05) is 29.0 Å². The maximum absolute atomic E-state index is 10.7. The summed E-state index contributed by atoms with van der Waals surface area (Å²) in [5.74, 6) is 2.57. The minimum absolute atomic E-state index is 0.0721. The molecule has 0 saturated heterocycles. The topological polar surface area (TPSA) is 17.1 Å². The average molecular weight is 250 g/mol. The maximum atomic E-state index is 10.7. The van der Waals surface area contributed by atoms with Gasteiger partial charge in [-0.2, -0.15) is 0 Å². The van der Waals surface area contributed by atoms with Crippen molar-refractivity contribution in [3.05, 3.63) is 0 Å². The molecule has 0 aromatic rings. The zero-order chi connectivity index (χ0) is 7.82. The minimum Gasteiger partial charge on any atom is -0.285 e. The molecular formula is C8H11IO. The van der Waals surface area contributed by atoms with Crippen LogP contribution in [0.2, 0.25) is 0 Å². The van der Waals surface area contributed by atoms with Gasteiger partial charge in [0.2, 0.25) is 5.78 Å². The Kier molecular flexibility index (Phi) is 7.04. The fourth-order valence-corrected chi connectivity index (χ4v) is 0.952. The average Bonchev–Trinajstić information content (AvgIpc) is 1.89. The number of Topliss-reactive ketones (excluding diaryl/α,β-unsaturated/α-hetero) is 1. The van der Waals surface area contributed by atoms with E-state index in [1.807, 2.05) is 22.6 Å². The van der Waals surface area contributed by atoms with Gasteiger partial charge in [0.25, 0.3) is 0 Å². The van der Waals surface area contributed by atoms with Crippen LogP contribution in [0.4, 0.5) is 0 Å². The number of halogens is 1. The molecule has 1 nitrogen and oxygen atoms in total. The summed E-state index contributed by atoms with van der Waals surface area (Å²) in [6.07, 6.45) is 3.91. The van der Waals surface area contributed by atoms with Crippen molar-refractivity contribution in [2.45, 2.75) is 32.6 Å². The second kappa shape index (κ2) is 7.07. The van der Waals surface area contributed by atoms with Crippen molar-refractivity contribution in [2.24, 2.45) is 0 Å². The first kappa shape index (κ1) is 9.96. The largest absolute Gasteiger partial charge is 0.285 e. The molecule has 0 N–H and O–H groups in total. The number of hydrogen-bond donors (Lipinski definition) is 0. The second-order valence-corrected chi connectivity index (χ2v) is 2.64. The van der Waals surface area contributed by atoms with Crippen LogP contribution in [0.15, 0.2) is 0 Å². The molecule has 0 heterocycles. The molecule has 0 rings (SSSR count). The molecule has 0 aromatic carbocycles. The fourth-order valence-electron chi connectivity index (χ4n) is 0.651. The Morgan fingerprint density at radius 1 is 1.50 bits per heavy atom. The highest BCUT2D eigenvalue weighted by Crippen LogP contribution is 1.98. The van der Waals surface area contributed by atoms with Crippen LogP contribution in [0.1, 0.15) is 32.6 Å². The van der Waals surface area contributed by atoms with Crippen LogP contribution in [0.25, 0.3) is 0 Å². The third-order valence-electron chi connectivity index (χ3n) is 1.19. The van der Waals surface area contributed by atoms with Gasteiger partial charge in [-0.05, 0) is 16.3 Å². The number of hydrogen-bond acceptors (Lipinski definition) is 1. The molecule has 0 fully saturated rings. The van der Waals surface area contributed by atoms with E-state index in [4.69, 9.17) is 0 Å². The smallest absolute Gasteiger partial charge is 0.206 e. The summed E-state index contributed by atoms with van der Waals surface area (Å²) >= 11 is 1.88. The molecule has 0 aliphatic rings. The van der Waals surface area contributed by atoms with Crippen molar-refractivity contribution in [1.29, 1.82) is 0 Å². The number of ketones is 1. The molecule has 0 aliphatic carbocycles. The lowest BCUT2D eigenvalue weighted by atomic mass is 10.1. The zero-order valence-electron chi connectivity index (χ0n) is 6.11. The molecule has 0 aliphatic heterocycles. The third kappa shape index (κ3) is 6.09. The highest BCUT2D eigenvalue weighted by Gasteiger charge is 1.94. The van der Waals surface area contributed by atoms with Crippen LogP contribution in [-0.2, 0) is 4.79 Å². The summed E-state index contributed by atoms with van der Waals surface area (Å²) in [5.41, 5.74) is 0. The summed E-state index contributed by atoms with van der Waals surface area (Å²) in [7, 11) is 0. The van der Waals surface area contributed by atoms with E-state index in [1.54, 1.807) is 0 Å². The highest BCUT2D eigenvalue weighted by molar-refractivity contribution is 14.1. The van der Waals surface area contributed by atoms with Crippen molar-refractivity contribution in [1.82, 2.24) is 0 Å². The van der Waals surface area contributed by atoms with Gasteiger partial charge in [0.1, 0.15) is 0 Å². The lowest BCUT2D eigenvalue weighted by molar-refractivity contribution is -0.113. The normalized spacial score (nSPS) is 8.20.